The molecule has 0 heterocycles. The molecule has 7 nitrogen and oxygen atoms in total. The minimum Gasteiger partial charge on any atom is -0.493 e. The number of benzene rings is 2. The highest BCUT2D eigenvalue weighted by molar-refractivity contribution is 7.92. The number of hydrogen-bond donors (Lipinski definition) is 1. The van der Waals surface area contributed by atoms with Gasteiger partial charge in [0.25, 0.3) is 0 Å². The van der Waals surface area contributed by atoms with Crippen molar-refractivity contribution in [2.45, 2.75) is 6.42 Å². The first-order chi connectivity index (χ1) is 12.8. The van der Waals surface area contributed by atoms with Crippen LogP contribution in [-0.2, 0) is 14.8 Å². The summed E-state index contributed by atoms with van der Waals surface area (Å²) in [5.41, 5.74) is 0.369. The van der Waals surface area contributed by atoms with Crippen molar-refractivity contribution in [3.63, 3.8) is 0 Å². The molecule has 1 amide bonds. The van der Waals surface area contributed by atoms with Crippen LogP contribution in [0.4, 0.5) is 15.8 Å². The number of amides is 1. The van der Waals surface area contributed by atoms with E-state index in [0.29, 0.717) is 17.2 Å². The van der Waals surface area contributed by atoms with E-state index < -0.39 is 21.7 Å². The normalized spacial score (nSPS) is 11.0. The summed E-state index contributed by atoms with van der Waals surface area (Å²) in [6.45, 7) is -0.116. The van der Waals surface area contributed by atoms with Crippen LogP contribution in [0, 0.1) is 5.82 Å². The zero-order valence-corrected chi connectivity index (χ0v) is 16.0. The summed E-state index contributed by atoms with van der Waals surface area (Å²) in [6.07, 6.45) is 0.883. The number of hydrogen-bond acceptors (Lipinski definition) is 5. The number of rotatable bonds is 8. The van der Waals surface area contributed by atoms with Gasteiger partial charge < -0.3 is 14.8 Å². The fourth-order valence-corrected chi connectivity index (χ4v) is 3.36. The molecule has 0 bridgehead atoms. The maximum Gasteiger partial charge on any atom is 0.232 e. The molecular formula is C18H21FN2O5S. The van der Waals surface area contributed by atoms with Crippen molar-refractivity contribution < 1.29 is 27.1 Å². The number of sulfonamides is 1. The van der Waals surface area contributed by atoms with Crippen LogP contribution in [0.1, 0.15) is 6.42 Å². The average Bonchev–Trinajstić information content (AvgIpc) is 2.62. The minimum atomic E-state index is -3.66. The second-order valence-corrected chi connectivity index (χ2v) is 7.56. The molecule has 0 aliphatic heterocycles. The molecule has 0 aromatic heterocycles. The zero-order chi connectivity index (χ0) is 20.0. The van der Waals surface area contributed by atoms with Crippen LogP contribution in [0.5, 0.6) is 11.5 Å². The second kappa shape index (κ2) is 8.72. The molecule has 0 unspecified atom stereocenters. The quantitative estimate of drug-likeness (QED) is 0.742. The lowest BCUT2D eigenvalue weighted by Crippen LogP contribution is -2.33. The summed E-state index contributed by atoms with van der Waals surface area (Å²) in [5.74, 6) is -0.258. The van der Waals surface area contributed by atoms with Crippen LogP contribution in [-0.4, -0.2) is 41.3 Å². The molecule has 146 valence electrons. The van der Waals surface area contributed by atoms with Crippen molar-refractivity contribution in [3.8, 4) is 11.5 Å². The number of para-hydroxylation sites is 1. The lowest BCUT2D eigenvalue weighted by molar-refractivity contribution is -0.116. The molecule has 9 heteroatoms. The van der Waals surface area contributed by atoms with E-state index in [1.807, 2.05) is 0 Å². The van der Waals surface area contributed by atoms with Gasteiger partial charge in [-0.25, -0.2) is 12.8 Å². The van der Waals surface area contributed by atoms with Gasteiger partial charge in [-0.05, 0) is 24.3 Å². The number of carbonyl (C=O) groups excluding carboxylic acids is 1. The Bertz CT molecular complexity index is 918. The van der Waals surface area contributed by atoms with Gasteiger partial charge in [0.1, 0.15) is 5.82 Å². The Labute approximate surface area is 157 Å². The van der Waals surface area contributed by atoms with E-state index in [1.54, 1.807) is 18.2 Å². The first-order valence-corrected chi connectivity index (χ1v) is 9.85. The zero-order valence-electron chi connectivity index (χ0n) is 15.2. The third-order valence-electron chi connectivity index (χ3n) is 3.75. The molecule has 0 aliphatic carbocycles. The summed E-state index contributed by atoms with van der Waals surface area (Å²) in [4.78, 5) is 12.1. The first-order valence-electron chi connectivity index (χ1n) is 8.00. The van der Waals surface area contributed by atoms with Crippen LogP contribution in [0.2, 0.25) is 0 Å². The van der Waals surface area contributed by atoms with Crippen molar-refractivity contribution in [1.82, 2.24) is 0 Å². The van der Waals surface area contributed by atoms with Gasteiger partial charge in [-0.3, -0.25) is 9.10 Å². The highest BCUT2D eigenvalue weighted by Crippen LogP contribution is 2.32. The molecule has 2 aromatic carbocycles. The molecule has 0 saturated heterocycles. The SMILES string of the molecule is COc1ccc(N(CCC(=O)Nc2ccccc2F)S(C)(=O)=O)cc1OC. The number of carbonyl (C=O) groups is 1. The molecule has 2 rings (SSSR count). The van der Waals surface area contributed by atoms with E-state index >= 15 is 0 Å². The molecular weight excluding hydrogens is 375 g/mol. The number of halogens is 1. The average molecular weight is 396 g/mol. The third kappa shape index (κ3) is 5.33. The molecule has 0 aliphatic rings. The van der Waals surface area contributed by atoms with E-state index in [4.69, 9.17) is 9.47 Å². The maximum absolute atomic E-state index is 13.6. The Morgan fingerprint density at radius 3 is 2.37 bits per heavy atom. The summed E-state index contributed by atoms with van der Waals surface area (Å²) >= 11 is 0. The number of methoxy groups -OCH3 is 2. The molecule has 0 radical (unpaired) electrons. The number of ether oxygens (including phenoxy) is 2. The maximum atomic E-state index is 13.6. The molecule has 1 N–H and O–H groups in total. The molecule has 27 heavy (non-hydrogen) atoms. The van der Waals surface area contributed by atoms with Crippen molar-refractivity contribution >= 4 is 27.3 Å². The monoisotopic (exact) mass is 396 g/mol. The predicted octanol–water partition coefficient (Wildman–Crippen LogP) is 2.64. The van der Waals surface area contributed by atoms with Crippen molar-refractivity contribution in [3.05, 3.63) is 48.3 Å². The van der Waals surface area contributed by atoms with Crippen LogP contribution >= 0.6 is 0 Å². The molecule has 2 aromatic rings. The van der Waals surface area contributed by atoms with Gasteiger partial charge in [0, 0.05) is 19.0 Å². The summed E-state index contributed by atoms with van der Waals surface area (Å²) < 4.78 is 49.4. The minimum absolute atomic E-state index is 0.0412. The Morgan fingerprint density at radius 2 is 1.78 bits per heavy atom. The number of nitrogens with zero attached hydrogens (tertiary/aromatic N) is 1. The van der Waals surface area contributed by atoms with Crippen molar-refractivity contribution in [2.24, 2.45) is 0 Å². The highest BCUT2D eigenvalue weighted by atomic mass is 32.2. The van der Waals surface area contributed by atoms with Gasteiger partial charge in [0.2, 0.25) is 15.9 Å². The Balaban J connectivity index is 2.16. The largest absolute Gasteiger partial charge is 0.493 e. The molecule has 0 spiro atoms. The van der Waals surface area contributed by atoms with Gasteiger partial charge >= 0.3 is 0 Å². The van der Waals surface area contributed by atoms with Gasteiger partial charge in [-0.15, -0.1) is 0 Å². The fourth-order valence-electron chi connectivity index (χ4n) is 2.44. The molecule has 0 atom stereocenters. The third-order valence-corrected chi connectivity index (χ3v) is 4.94. The van der Waals surface area contributed by atoms with Crippen LogP contribution in [0.3, 0.4) is 0 Å². The van der Waals surface area contributed by atoms with Crippen LogP contribution in [0.15, 0.2) is 42.5 Å². The van der Waals surface area contributed by atoms with E-state index in [-0.39, 0.29) is 18.7 Å². The van der Waals surface area contributed by atoms with Crippen molar-refractivity contribution in [1.29, 1.82) is 0 Å². The van der Waals surface area contributed by atoms with E-state index in [2.05, 4.69) is 5.32 Å². The number of anilines is 2. The predicted molar refractivity (Wildman–Crippen MR) is 101 cm³/mol. The van der Waals surface area contributed by atoms with E-state index in [0.717, 1.165) is 10.6 Å². The van der Waals surface area contributed by atoms with Crippen molar-refractivity contribution in [2.75, 3.05) is 36.6 Å². The van der Waals surface area contributed by atoms with Gasteiger partial charge in [-0.1, -0.05) is 12.1 Å². The molecule has 0 saturated carbocycles. The Kier molecular flexibility index (Phi) is 6.62. The number of nitrogens with one attached hydrogen (secondary N) is 1. The van der Waals surface area contributed by atoms with Gasteiger partial charge in [0.15, 0.2) is 11.5 Å². The standard InChI is InChI=1S/C18H21FN2O5S/c1-25-16-9-8-13(12-17(16)26-2)21(27(3,23)24)11-10-18(22)20-15-7-5-4-6-14(15)19/h4-9,12H,10-11H2,1-3H3,(H,20,22). The van der Waals surface area contributed by atoms with Crippen LogP contribution in [0.25, 0.3) is 0 Å². The topological polar surface area (TPSA) is 84.9 Å². The first kappa shape index (κ1) is 20.5. The fraction of sp³-hybridized carbons (Fsp3) is 0.278. The highest BCUT2D eigenvalue weighted by Gasteiger charge is 2.20. The van der Waals surface area contributed by atoms with Crippen LogP contribution < -0.4 is 19.1 Å². The molecule has 0 fully saturated rings. The smallest absolute Gasteiger partial charge is 0.232 e. The lowest BCUT2D eigenvalue weighted by Gasteiger charge is -2.23. The van der Waals surface area contributed by atoms with E-state index in [1.165, 1.54) is 38.5 Å². The van der Waals surface area contributed by atoms with Gasteiger partial charge in [0.05, 0.1) is 31.9 Å². The van der Waals surface area contributed by atoms with Gasteiger partial charge in [-0.2, -0.15) is 0 Å². The summed E-state index contributed by atoms with van der Waals surface area (Å²) in [6, 6.07) is 10.4. The second-order valence-electron chi connectivity index (χ2n) is 5.65. The Morgan fingerprint density at radius 1 is 1.11 bits per heavy atom. The summed E-state index contributed by atoms with van der Waals surface area (Å²) in [5, 5.41) is 2.43. The lowest BCUT2D eigenvalue weighted by atomic mass is 10.2. The summed E-state index contributed by atoms with van der Waals surface area (Å²) in [7, 11) is -0.746. The Hall–Kier alpha value is -2.81. The van der Waals surface area contributed by atoms with E-state index in [9.17, 15) is 17.6 Å².